The monoisotopic (exact) mass is 348 g/mol. The molecule has 110 valence electrons. The first-order valence-corrected chi connectivity index (χ1v) is 7.91. The second kappa shape index (κ2) is 6.43. The Morgan fingerprint density at radius 1 is 1.10 bits per heavy atom. The fourth-order valence-electron chi connectivity index (χ4n) is 2.55. The first kappa shape index (κ1) is 14.3. The Hall–Kier alpha value is -1.62. The summed E-state index contributed by atoms with van der Waals surface area (Å²) in [6, 6.07) is 5.64. The second-order valence-corrected chi connectivity index (χ2v) is 5.92. The molecule has 0 saturated carbocycles. The minimum Gasteiger partial charge on any atom is -0.497 e. The van der Waals surface area contributed by atoms with Gasteiger partial charge in [-0.05, 0) is 59.8 Å². The number of hydrogen-bond donors (Lipinski definition) is 0. The van der Waals surface area contributed by atoms with Crippen LogP contribution in [0.4, 0.5) is 0 Å². The standard InChI is InChI=1S/C16H17BrN2O2/c1-20-11-7-8-15(13(17)9-11)21-16-12-5-3-2-4-6-14(12)18-10-19-16/h7-10H,2-6H2,1H3. The van der Waals surface area contributed by atoms with Crippen LogP contribution in [0.25, 0.3) is 0 Å². The van der Waals surface area contributed by atoms with E-state index in [2.05, 4.69) is 25.9 Å². The van der Waals surface area contributed by atoms with E-state index in [1.165, 1.54) is 19.3 Å². The first-order valence-electron chi connectivity index (χ1n) is 7.12. The van der Waals surface area contributed by atoms with Crippen LogP contribution in [0, 0.1) is 0 Å². The van der Waals surface area contributed by atoms with E-state index in [0.29, 0.717) is 5.88 Å². The van der Waals surface area contributed by atoms with Gasteiger partial charge in [-0.15, -0.1) is 0 Å². The van der Waals surface area contributed by atoms with Crippen molar-refractivity contribution in [3.8, 4) is 17.4 Å². The minimum atomic E-state index is 0.674. The molecule has 0 unspecified atom stereocenters. The summed E-state index contributed by atoms with van der Waals surface area (Å²) in [7, 11) is 1.65. The van der Waals surface area contributed by atoms with Gasteiger partial charge in [-0.2, -0.15) is 0 Å². The molecule has 0 fully saturated rings. The molecule has 1 heterocycles. The molecule has 0 aliphatic heterocycles. The Morgan fingerprint density at radius 2 is 1.95 bits per heavy atom. The molecule has 0 radical (unpaired) electrons. The Kier molecular flexibility index (Phi) is 4.39. The van der Waals surface area contributed by atoms with Gasteiger partial charge in [-0.1, -0.05) is 6.42 Å². The van der Waals surface area contributed by atoms with Gasteiger partial charge in [0.15, 0.2) is 0 Å². The van der Waals surface area contributed by atoms with Crippen molar-refractivity contribution in [1.29, 1.82) is 0 Å². The molecule has 1 aliphatic carbocycles. The molecule has 0 saturated heterocycles. The fourth-order valence-corrected chi connectivity index (χ4v) is 2.99. The van der Waals surface area contributed by atoms with E-state index in [9.17, 15) is 0 Å². The Bertz CT molecular complexity index is 646. The van der Waals surface area contributed by atoms with Crippen molar-refractivity contribution in [3.05, 3.63) is 40.3 Å². The van der Waals surface area contributed by atoms with Gasteiger partial charge in [0, 0.05) is 5.56 Å². The lowest BCUT2D eigenvalue weighted by atomic mass is 10.1. The third kappa shape index (κ3) is 3.18. The number of rotatable bonds is 3. The highest BCUT2D eigenvalue weighted by Gasteiger charge is 2.16. The van der Waals surface area contributed by atoms with Crippen molar-refractivity contribution in [2.45, 2.75) is 32.1 Å². The molecule has 21 heavy (non-hydrogen) atoms. The minimum absolute atomic E-state index is 0.674. The number of fused-ring (bicyclic) bond motifs is 1. The van der Waals surface area contributed by atoms with Gasteiger partial charge < -0.3 is 9.47 Å². The molecule has 5 heteroatoms. The van der Waals surface area contributed by atoms with Crippen molar-refractivity contribution in [3.63, 3.8) is 0 Å². The summed E-state index contributed by atoms with van der Waals surface area (Å²) in [5, 5.41) is 0. The van der Waals surface area contributed by atoms with E-state index < -0.39 is 0 Å². The summed E-state index contributed by atoms with van der Waals surface area (Å²) in [5.74, 6) is 2.20. The van der Waals surface area contributed by atoms with Crippen molar-refractivity contribution in [1.82, 2.24) is 9.97 Å². The molecule has 2 aromatic rings. The van der Waals surface area contributed by atoms with Crippen molar-refractivity contribution in [2.75, 3.05) is 7.11 Å². The molecule has 0 atom stereocenters. The molecule has 0 amide bonds. The van der Waals surface area contributed by atoms with E-state index in [4.69, 9.17) is 9.47 Å². The molecule has 4 nitrogen and oxygen atoms in total. The van der Waals surface area contributed by atoms with Crippen LogP contribution in [0.3, 0.4) is 0 Å². The smallest absolute Gasteiger partial charge is 0.225 e. The Morgan fingerprint density at radius 3 is 2.76 bits per heavy atom. The summed E-state index contributed by atoms with van der Waals surface area (Å²) in [6.45, 7) is 0. The van der Waals surface area contributed by atoms with Crippen LogP contribution in [0.2, 0.25) is 0 Å². The van der Waals surface area contributed by atoms with Crippen LogP contribution in [0.1, 0.15) is 30.5 Å². The number of aromatic nitrogens is 2. The Balaban J connectivity index is 1.91. The lowest BCUT2D eigenvalue weighted by Gasteiger charge is -2.13. The maximum atomic E-state index is 6.01. The highest BCUT2D eigenvalue weighted by molar-refractivity contribution is 9.10. The number of ether oxygens (including phenoxy) is 2. The van der Waals surface area contributed by atoms with E-state index in [0.717, 1.165) is 40.1 Å². The number of halogens is 1. The van der Waals surface area contributed by atoms with Crippen molar-refractivity contribution < 1.29 is 9.47 Å². The van der Waals surface area contributed by atoms with Gasteiger partial charge in [0.2, 0.25) is 5.88 Å². The van der Waals surface area contributed by atoms with Crippen LogP contribution < -0.4 is 9.47 Å². The Labute approximate surface area is 132 Å². The third-order valence-electron chi connectivity index (χ3n) is 3.68. The molecule has 0 bridgehead atoms. The van der Waals surface area contributed by atoms with Gasteiger partial charge in [0.1, 0.15) is 17.8 Å². The number of methoxy groups -OCH3 is 1. The lowest BCUT2D eigenvalue weighted by molar-refractivity contribution is 0.410. The van der Waals surface area contributed by atoms with Crippen LogP contribution in [0.15, 0.2) is 29.0 Å². The molecular formula is C16H17BrN2O2. The van der Waals surface area contributed by atoms with Gasteiger partial charge in [-0.3, -0.25) is 0 Å². The third-order valence-corrected chi connectivity index (χ3v) is 4.30. The molecule has 1 aliphatic rings. The number of nitrogens with zero attached hydrogens (tertiary/aromatic N) is 2. The van der Waals surface area contributed by atoms with E-state index in [1.807, 2.05) is 18.2 Å². The van der Waals surface area contributed by atoms with E-state index >= 15 is 0 Å². The zero-order valence-corrected chi connectivity index (χ0v) is 13.5. The molecule has 0 N–H and O–H groups in total. The largest absolute Gasteiger partial charge is 0.497 e. The van der Waals surface area contributed by atoms with Crippen molar-refractivity contribution in [2.24, 2.45) is 0 Å². The molecule has 0 spiro atoms. The lowest BCUT2D eigenvalue weighted by Crippen LogP contribution is -2.01. The average Bonchev–Trinajstić information content (AvgIpc) is 2.75. The molecule has 1 aromatic heterocycles. The zero-order valence-electron chi connectivity index (χ0n) is 11.9. The van der Waals surface area contributed by atoms with Gasteiger partial charge in [0.05, 0.1) is 17.3 Å². The highest BCUT2D eigenvalue weighted by Crippen LogP contribution is 2.34. The van der Waals surface area contributed by atoms with Crippen LogP contribution >= 0.6 is 15.9 Å². The van der Waals surface area contributed by atoms with Gasteiger partial charge in [0.25, 0.3) is 0 Å². The normalized spacial score (nSPS) is 14.2. The fraction of sp³-hybridized carbons (Fsp3) is 0.375. The summed E-state index contributed by atoms with van der Waals surface area (Å²) in [4.78, 5) is 8.74. The topological polar surface area (TPSA) is 44.2 Å². The number of benzene rings is 1. The SMILES string of the molecule is COc1ccc(Oc2ncnc3c2CCCCC3)c(Br)c1. The quantitative estimate of drug-likeness (QED) is 0.775. The summed E-state index contributed by atoms with van der Waals surface area (Å²) in [6.07, 6.45) is 7.19. The van der Waals surface area contributed by atoms with Crippen LogP contribution in [-0.2, 0) is 12.8 Å². The van der Waals surface area contributed by atoms with Crippen LogP contribution in [0.5, 0.6) is 17.4 Å². The number of aryl methyl sites for hydroxylation is 1. The van der Waals surface area contributed by atoms with E-state index in [1.54, 1.807) is 13.4 Å². The summed E-state index contributed by atoms with van der Waals surface area (Å²) in [5.41, 5.74) is 2.28. The zero-order chi connectivity index (χ0) is 14.7. The molecule has 1 aromatic carbocycles. The van der Waals surface area contributed by atoms with Crippen LogP contribution in [-0.4, -0.2) is 17.1 Å². The highest BCUT2D eigenvalue weighted by atomic mass is 79.9. The second-order valence-electron chi connectivity index (χ2n) is 5.06. The predicted octanol–water partition coefficient (Wildman–Crippen LogP) is 4.31. The summed E-state index contributed by atoms with van der Waals surface area (Å²) >= 11 is 3.51. The van der Waals surface area contributed by atoms with Gasteiger partial charge in [-0.25, -0.2) is 9.97 Å². The van der Waals surface area contributed by atoms with Gasteiger partial charge >= 0.3 is 0 Å². The van der Waals surface area contributed by atoms with Crippen molar-refractivity contribution >= 4 is 15.9 Å². The predicted molar refractivity (Wildman–Crippen MR) is 84.1 cm³/mol. The number of hydrogen-bond acceptors (Lipinski definition) is 4. The molecular weight excluding hydrogens is 332 g/mol. The summed E-state index contributed by atoms with van der Waals surface area (Å²) < 4.78 is 12.1. The molecule has 3 rings (SSSR count). The average molecular weight is 349 g/mol. The maximum Gasteiger partial charge on any atom is 0.225 e. The maximum absolute atomic E-state index is 6.01. The first-order chi connectivity index (χ1) is 10.3. The van der Waals surface area contributed by atoms with E-state index in [-0.39, 0.29) is 0 Å².